The predicted octanol–water partition coefficient (Wildman–Crippen LogP) is -2.52. The fourth-order valence-electron chi connectivity index (χ4n) is 1.67. The zero-order valence-electron chi connectivity index (χ0n) is 14.2. The molecule has 24 heavy (non-hydrogen) atoms. The van der Waals surface area contributed by atoms with Crippen molar-refractivity contribution in [2.45, 2.75) is 38.8 Å². The predicted molar refractivity (Wildman–Crippen MR) is 80.6 cm³/mol. The van der Waals surface area contributed by atoms with Gasteiger partial charge in [-0.15, -0.1) is 0 Å². The number of hydrogen-bond donors (Lipinski definition) is 2. The summed E-state index contributed by atoms with van der Waals surface area (Å²) in [7, 11) is -3.44. The van der Waals surface area contributed by atoms with E-state index in [-0.39, 0.29) is 19.5 Å². The average Bonchev–Trinajstić information content (AvgIpc) is 2.38. The average molecular weight is 368 g/mol. The number of amides is 1. The third-order valence-corrected chi connectivity index (χ3v) is 3.40. The second-order valence-electron chi connectivity index (χ2n) is 6.07. The molecule has 0 aromatic carbocycles. The van der Waals surface area contributed by atoms with E-state index in [1.807, 2.05) is 0 Å². The Morgan fingerprint density at radius 3 is 2.25 bits per heavy atom. The Balaban J connectivity index is 4.61. The fraction of sp³-hybridized carbons (Fsp3) is 0.769. The lowest BCUT2D eigenvalue weighted by molar-refractivity contribution is -0.675. The van der Waals surface area contributed by atoms with Crippen LogP contribution >= 0.6 is 0 Å². The molecule has 0 aromatic heterocycles. The lowest BCUT2D eigenvalue weighted by Gasteiger charge is -2.21. The van der Waals surface area contributed by atoms with E-state index in [4.69, 9.17) is 4.74 Å². The molecule has 0 aliphatic heterocycles. The molecule has 0 aliphatic carbocycles. The first kappa shape index (κ1) is 22.3. The van der Waals surface area contributed by atoms with Crippen LogP contribution in [0.2, 0.25) is 0 Å². The van der Waals surface area contributed by atoms with Crippen LogP contribution in [0.3, 0.4) is 0 Å². The Morgan fingerprint density at radius 1 is 1.21 bits per heavy atom. The van der Waals surface area contributed by atoms with Gasteiger partial charge in [0.2, 0.25) is 5.91 Å². The van der Waals surface area contributed by atoms with Gasteiger partial charge in [-0.3, -0.25) is 9.59 Å². The van der Waals surface area contributed by atoms with Crippen LogP contribution < -0.4 is 10.6 Å². The van der Waals surface area contributed by atoms with Gasteiger partial charge in [0, 0.05) is 0 Å². The molecule has 0 rings (SSSR count). The maximum Gasteiger partial charge on any atom is 0.362 e. The summed E-state index contributed by atoms with van der Waals surface area (Å²) >= 11 is 0. The highest BCUT2D eigenvalue weighted by atomic mass is 32.2. The Labute approximate surface area is 141 Å². The molecule has 0 radical (unpaired) electrons. The normalized spacial score (nSPS) is 13.0. The van der Waals surface area contributed by atoms with Gasteiger partial charge < -0.3 is 24.7 Å². The summed E-state index contributed by atoms with van der Waals surface area (Å²) in [5.41, 5.74) is -0.705. The van der Waals surface area contributed by atoms with E-state index in [0.717, 1.165) is 7.11 Å². The van der Waals surface area contributed by atoms with E-state index < -0.39 is 45.4 Å². The zero-order chi connectivity index (χ0) is 19.0. The molecule has 11 heteroatoms. The number of carbonyl (C=O) groups is 3. The van der Waals surface area contributed by atoms with Crippen LogP contribution in [0, 0.1) is 0 Å². The molecule has 0 spiro atoms. The van der Waals surface area contributed by atoms with Crippen molar-refractivity contribution in [2.75, 3.05) is 26.0 Å². The molecule has 0 bridgehead atoms. The van der Waals surface area contributed by atoms with Crippen LogP contribution in [0.5, 0.6) is 0 Å². The minimum atomic E-state index is -4.59. The molecular weight excluding hydrogens is 344 g/mol. The molecular formula is C13H24N2O8S. The van der Waals surface area contributed by atoms with Crippen molar-refractivity contribution >= 4 is 28.0 Å². The molecule has 3 N–H and O–H groups in total. The number of rotatable bonds is 9. The highest BCUT2D eigenvalue weighted by Gasteiger charge is 2.23. The van der Waals surface area contributed by atoms with Crippen molar-refractivity contribution in [3.63, 3.8) is 0 Å². The standard InChI is InChI=1S/C13H24N2O8S/c1-13(2,3)23-12(18)7-14-9(8-24(19,20)21)5-10(16)15-6-11(17)22-4/h9,14H,5-8H2,1-4H3,(H,15,16)(H,19,20,21). The Kier molecular flexibility index (Phi) is 8.86. The molecule has 0 aromatic rings. The smallest absolute Gasteiger partial charge is 0.362 e. The molecule has 0 saturated heterocycles. The number of quaternary nitrogens is 1. The quantitative estimate of drug-likeness (QED) is 0.334. The SMILES string of the molecule is COC(=O)CNC(=O)CC(CS(=O)(=O)[O-])[NH2+]CC(=O)OC(C)(C)C. The monoisotopic (exact) mass is 368 g/mol. The fourth-order valence-corrected chi connectivity index (χ4v) is 2.45. The summed E-state index contributed by atoms with van der Waals surface area (Å²) in [4.78, 5) is 34.2. The number of methoxy groups -OCH3 is 1. The first-order valence-corrected chi connectivity index (χ1v) is 8.72. The molecule has 1 amide bonds. The number of nitrogens with two attached hydrogens (primary N) is 1. The van der Waals surface area contributed by atoms with E-state index >= 15 is 0 Å². The maximum atomic E-state index is 11.7. The summed E-state index contributed by atoms with van der Waals surface area (Å²) in [5.74, 6) is -2.75. The first-order valence-electron chi connectivity index (χ1n) is 7.14. The largest absolute Gasteiger partial charge is 0.748 e. The Morgan fingerprint density at radius 2 is 1.79 bits per heavy atom. The van der Waals surface area contributed by atoms with Crippen LogP contribution in [-0.2, 0) is 34.0 Å². The van der Waals surface area contributed by atoms with Gasteiger partial charge in [0.05, 0.1) is 19.3 Å². The molecule has 10 nitrogen and oxygen atoms in total. The number of hydrogen-bond acceptors (Lipinski definition) is 8. The second-order valence-corrected chi connectivity index (χ2v) is 7.52. The van der Waals surface area contributed by atoms with Crippen molar-refractivity contribution in [2.24, 2.45) is 0 Å². The molecule has 0 heterocycles. The highest BCUT2D eigenvalue weighted by molar-refractivity contribution is 7.85. The van der Waals surface area contributed by atoms with Gasteiger partial charge in [0.1, 0.15) is 28.3 Å². The van der Waals surface area contributed by atoms with E-state index in [1.54, 1.807) is 20.8 Å². The summed E-state index contributed by atoms with van der Waals surface area (Å²) < 4.78 is 42.1. The van der Waals surface area contributed by atoms with E-state index in [9.17, 15) is 27.4 Å². The number of carbonyl (C=O) groups excluding carboxylic acids is 3. The number of nitrogens with one attached hydrogen (secondary N) is 1. The Hall–Kier alpha value is -1.72. The number of esters is 2. The number of ether oxygens (including phenoxy) is 2. The van der Waals surface area contributed by atoms with Gasteiger partial charge in [-0.2, -0.15) is 0 Å². The van der Waals surface area contributed by atoms with Crippen molar-refractivity contribution in [1.82, 2.24) is 5.32 Å². The molecule has 0 aliphatic rings. The van der Waals surface area contributed by atoms with Gasteiger partial charge in [-0.25, -0.2) is 13.2 Å². The molecule has 0 saturated carbocycles. The first-order chi connectivity index (χ1) is 10.8. The molecule has 0 fully saturated rings. The zero-order valence-corrected chi connectivity index (χ0v) is 15.0. The Bertz CT molecular complexity index is 553. The summed E-state index contributed by atoms with van der Waals surface area (Å²) in [5, 5.41) is 3.48. The molecule has 140 valence electrons. The van der Waals surface area contributed by atoms with Crippen molar-refractivity contribution in [1.29, 1.82) is 0 Å². The van der Waals surface area contributed by atoms with Gasteiger partial charge >= 0.3 is 11.9 Å². The van der Waals surface area contributed by atoms with Crippen molar-refractivity contribution in [3.05, 3.63) is 0 Å². The third kappa shape index (κ3) is 12.8. The van der Waals surface area contributed by atoms with Crippen molar-refractivity contribution < 1.29 is 42.1 Å². The summed E-state index contributed by atoms with van der Waals surface area (Å²) in [6.07, 6.45) is -0.360. The lowest BCUT2D eigenvalue weighted by atomic mass is 10.2. The second kappa shape index (κ2) is 9.55. The summed E-state index contributed by atoms with van der Waals surface area (Å²) in [6.45, 7) is 4.39. The molecule has 1 unspecified atom stereocenters. The van der Waals surface area contributed by atoms with Gasteiger partial charge in [0.15, 0.2) is 6.54 Å². The van der Waals surface area contributed by atoms with E-state index in [1.165, 1.54) is 5.32 Å². The minimum Gasteiger partial charge on any atom is -0.748 e. The molecule has 1 atom stereocenters. The van der Waals surface area contributed by atoms with Crippen LogP contribution in [0.1, 0.15) is 27.2 Å². The van der Waals surface area contributed by atoms with Crippen LogP contribution in [0.15, 0.2) is 0 Å². The lowest BCUT2D eigenvalue weighted by Crippen LogP contribution is -2.93. The van der Waals surface area contributed by atoms with Gasteiger partial charge in [-0.05, 0) is 20.8 Å². The van der Waals surface area contributed by atoms with Gasteiger partial charge in [0.25, 0.3) is 0 Å². The van der Waals surface area contributed by atoms with E-state index in [0.29, 0.717) is 0 Å². The topological polar surface area (TPSA) is 156 Å². The third-order valence-electron chi connectivity index (χ3n) is 2.56. The summed E-state index contributed by atoms with van der Waals surface area (Å²) in [6, 6.07) is -0.974. The van der Waals surface area contributed by atoms with E-state index in [2.05, 4.69) is 10.1 Å². The van der Waals surface area contributed by atoms with Crippen LogP contribution in [-0.4, -0.2) is 68.4 Å². The van der Waals surface area contributed by atoms with Crippen LogP contribution in [0.25, 0.3) is 0 Å². The minimum absolute atomic E-state index is 0.248. The van der Waals surface area contributed by atoms with Crippen LogP contribution in [0.4, 0.5) is 0 Å². The highest BCUT2D eigenvalue weighted by Crippen LogP contribution is 2.05. The van der Waals surface area contributed by atoms with Gasteiger partial charge in [-0.1, -0.05) is 0 Å². The van der Waals surface area contributed by atoms with Crippen molar-refractivity contribution in [3.8, 4) is 0 Å². The maximum absolute atomic E-state index is 11.7.